The SMILES string of the molecule is CCCc1cn(-c2cc(=O)n(-c3ccccc3)nc2C(=O)OC)nn1. The molecular formula is C17H17N5O3. The zero-order valence-electron chi connectivity index (χ0n) is 13.9. The second kappa shape index (κ2) is 7.08. The van der Waals surface area contributed by atoms with Crippen molar-refractivity contribution in [3.63, 3.8) is 0 Å². The van der Waals surface area contributed by atoms with Gasteiger partial charge < -0.3 is 4.74 Å². The Morgan fingerprint density at radius 1 is 1.24 bits per heavy atom. The van der Waals surface area contributed by atoms with Crippen LogP contribution in [0.5, 0.6) is 0 Å². The van der Waals surface area contributed by atoms with E-state index >= 15 is 0 Å². The zero-order valence-corrected chi connectivity index (χ0v) is 13.9. The summed E-state index contributed by atoms with van der Waals surface area (Å²) >= 11 is 0. The molecule has 0 aliphatic carbocycles. The zero-order chi connectivity index (χ0) is 17.8. The van der Waals surface area contributed by atoms with Gasteiger partial charge in [0.15, 0.2) is 5.69 Å². The first-order valence-corrected chi connectivity index (χ1v) is 7.83. The molecule has 25 heavy (non-hydrogen) atoms. The first-order valence-electron chi connectivity index (χ1n) is 7.83. The predicted octanol–water partition coefficient (Wildman–Crippen LogP) is 1.55. The Morgan fingerprint density at radius 2 is 2.00 bits per heavy atom. The van der Waals surface area contributed by atoms with Gasteiger partial charge in [0.25, 0.3) is 5.56 Å². The number of aromatic nitrogens is 5. The van der Waals surface area contributed by atoms with Crippen molar-refractivity contribution in [3.8, 4) is 11.4 Å². The summed E-state index contributed by atoms with van der Waals surface area (Å²) in [6.07, 6.45) is 3.34. The molecule has 0 spiro atoms. The number of benzene rings is 1. The van der Waals surface area contributed by atoms with Gasteiger partial charge in [-0.25, -0.2) is 9.48 Å². The Morgan fingerprint density at radius 3 is 2.68 bits per heavy atom. The van der Waals surface area contributed by atoms with E-state index in [-0.39, 0.29) is 16.9 Å². The lowest BCUT2D eigenvalue weighted by molar-refractivity contribution is 0.0591. The van der Waals surface area contributed by atoms with Gasteiger partial charge >= 0.3 is 5.97 Å². The Labute approximate surface area is 143 Å². The average molecular weight is 339 g/mol. The van der Waals surface area contributed by atoms with Gasteiger partial charge in [0.05, 0.1) is 24.7 Å². The molecule has 2 heterocycles. The summed E-state index contributed by atoms with van der Waals surface area (Å²) in [6, 6.07) is 10.1. The van der Waals surface area contributed by atoms with E-state index < -0.39 is 5.97 Å². The summed E-state index contributed by atoms with van der Waals surface area (Å²) in [5.41, 5.74) is 1.15. The number of hydrogen-bond acceptors (Lipinski definition) is 6. The molecule has 2 aromatic heterocycles. The lowest BCUT2D eigenvalue weighted by Gasteiger charge is -2.10. The van der Waals surface area contributed by atoms with Gasteiger partial charge in [-0.15, -0.1) is 5.10 Å². The fourth-order valence-electron chi connectivity index (χ4n) is 2.40. The van der Waals surface area contributed by atoms with Crippen molar-refractivity contribution in [1.29, 1.82) is 0 Å². The summed E-state index contributed by atoms with van der Waals surface area (Å²) in [5.74, 6) is -0.660. The van der Waals surface area contributed by atoms with Gasteiger partial charge in [-0.3, -0.25) is 4.79 Å². The summed E-state index contributed by atoms with van der Waals surface area (Å²) in [4.78, 5) is 24.7. The minimum absolute atomic E-state index is 0.0149. The number of esters is 1. The molecule has 0 atom stereocenters. The van der Waals surface area contributed by atoms with Crippen molar-refractivity contribution in [3.05, 3.63) is 64.3 Å². The number of ether oxygens (including phenoxy) is 1. The lowest BCUT2D eigenvalue weighted by atomic mass is 10.2. The molecule has 0 unspecified atom stereocenters. The maximum atomic E-state index is 12.5. The number of hydrogen-bond donors (Lipinski definition) is 0. The third-order valence-corrected chi connectivity index (χ3v) is 3.58. The molecule has 0 saturated heterocycles. The summed E-state index contributed by atoms with van der Waals surface area (Å²) in [5, 5.41) is 12.2. The van der Waals surface area contributed by atoms with E-state index in [0.29, 0.717) is 5.69 Å². The van der Waals surface area contributed by atoms with Crippen LogP contribution in [-0.2, 0) is 11.2 Å². The van der Waals surface area contributed by atoms with Crippen LogP contribution in [0.3, 0.4) is 0 Å². The second-order valence-corrected chi connectivity index (χ2v) is 5.36. The van der Waals surface area contributed by atoms with Gasteiger partial charge in [-0.05, 0) is 18.6 Å². The summed E-state index contributed by atoms with van der Waals surface area (Å²) in [6.45, 7) is 2.03. The third-order valence-electron chi connectivity index (χ3n) is 3.58. The largest absolute Gasteiger partial charge is 0.464 e. The van der Waals surface area contributed by atoms with Gasteiger partial charge in [-0.1, -0.05) is 36.8 Å². The molecule has 8 nitrogen and oxygen atoms in total. The topological polar surface area (TPSA) is 91.9 Å². The molecule has 3 aromatic rings. The highest BCUT2D eigenvalue weighted by Crippen LogP contribution is 2.13. The molecule has 128 valence electrons. The first-order chi connectivity index (χ1) is 12.1. The second-order valence-electron chi connectivity index (χ2n) is 5.36. The summed E-state index contributed by atoms with van der Waals surface area (Å²) < 4.78 is 7.33. The predicted molar refractivity (Wildman–Crippen MR) is 90.1 cm³/mol. The molecule has 3 rings (SSSR count). The van der Waals surface area contributed by atoms with Crippen LogP contribution in [0, 0.1) is 0 Å². The van der Waals surface area contributed by atoms with Crippen LogP contribution in [-0.4, -0.2) is 37.9 Å². The van der Waals surface area contributed by atoms with Crippen LogP contribution in [0.25, 0.3) is 11.4 Å². The molecule has 0 N–H and O–H groups in total. The Kier molecular flexibility index (Phi) is 4.69. The maximum absolute atomic E-state index is 12.5. The quantitative estimate of drug-likeness (QED) is 0.655. The van der Waals surface area contributed by atoms with E-state index in [9.17, 15) is 9.59 Å². The average Bonchev–Trinajstić information content (AvgIpc) is 3.10. The number of aryl methyl sites for hydroxylation is 1. The number of nitrogens with zero attached hydrogens (tertiary/aromatic N) is 5. The Hall–Kier alpha value is -3.29. The van der Waals surface area contributed by atoms with Crippen molar-refractivity contribution in [2.45, 2.75) is 19.8 Å². The normalized spacial score (nSPS) is 10.6. The highest BCUT2D eigenvalue weighted by Gasteiger charge is 2.20. The van der Waals surface area contributed by atoms with E-state index in [1.54, 1.807) is 30.5 Å². The van der Waals surface area contributed by atoms with Crippen LogP contribution in [0.4, 0.5) is 0 Å². The highest BCUT2D eigenvalue weighted by molar-refractivity contribution is 5.90. The van der Waals surface area contributed by atoms with Crippen molar-refractivity contribution >= 4 is 5.97 Å². The van der Waals surface area contributed by atoms with Crippen LogP contribution in [0.2, 0.25) is 0 Å². The minimum Gasteiger partial charge on any atom is -0.464 e. The molecule has 0 aliphatic rings. The van der Waals surface area contributed by atoms with Crippen molar-refractivity contribution in [2.75, 3.05) is 7.11 Å². The number of carbonyl (C=O) groups excluding carboxylic acids is 1. The number of methoxy groups -OCH3 is 1. The van der Waals surface area contributed by atoms with Crippen LogP contribution in [0.1, 0.15) is 29.5 Å². The minimum atomic E-state index is -0.660. The van der Waals surface area contributed by atoms with E-state index in [2.05, 4.69) is 15.4 Å². The monoisotopic (exact) mass is 339 g/mol. The van der Waals surface area contributed by atoms with Crippen LogP contribution >= 0.6 is 0 Å². The number of rotatable bonds is 5. The van der Waals surface area contributed by atoms with E-state index in [4.69, 9.17) is 4.74 Å². The van der Waals surface area contributed by atoms with E-state index in [1.165, 1.54) is 17.9 Å². The maximum Gasteiger partial charge on any atom is 0.360 e. The Bertz CT molecular complexity index is 946. The lowest BCUT2D eigenvalue weighted by Crippen LogP contribution is -2.26. The number of carbonyl (C=O) groups is 1. The van der Waals surface area contributed by atoms with Crippen LogP contribution < -0.4 is 5.56 Å². The highest BCUT2D eigenvalue weighted by atomic mass is 16.5. The Balaban J connectivity index is 2.16. The van der Waals surface area contributed by atoms with Crippen molar-refractivity contribution < 1.29 is 9.53 Å². The molecule has 0 saturated carbocycles. The van der Waals surface area contributed by atoms with Gasteiger partial charge in [0, 0.05) is 6.07 Å². The summed E-state index contributed by atoms with van der Waals surface area (Å²) in [7, 11) is 1.26. The molecule has 0 fully saturated rings. The molecule has 0 bridgehead atoms. The molecule has 0 radical (unpaired) electrons. The third kappa shape index (κ3) is 3.32. The van der Waals surface area contributed by atoms with E-state index in [1.807, 2.05) is 13.0 Å². The van der Waals surface area contributed by atoms with Crippen molar-refractivity contribution in [1.82, 2.24) is 24.8 Å². The number of para-hydroxylation sites is 1. The van der Waals surface area contributed by atoms with Crippen molar-refractivity contribution in [2.24, 2.45) is 0 Å². The first kappa shape index (κ1) is 16.6. The smallest absolute Gasteiger partial charge is 0.360 e. The molecular weight excluding hydrogens is 322 g/mol. The molecule has 1 aromatic carbocycles. The van der Waals surface area contributed by atoms with Gasteiger partial charge in [0.1, 0.15) is 5.69 Å². The standard InChI is InChI=1S/C17H17N5O3/c1-3-7-12-11-21(20-18-12)14-10-15(23)22(13-8-5-4-6-9-13)19-16(14)17(24)25-2/h4-6,8-11H,3,7H2,1-2H3. The molecule has 8 heteroatoms. The van der Waals surface area contributed by atoms with Crippen LogP contribution in [0.15, 0.2) is 47.4 Å². The van der Waals surface area contributed by atoms with E-state index in [0.717, 1.165) is 23.2 Å². The molecule has 0 amide bonds. The molecule has 0 aliphatic heterocycles. The van der Waals surface area contributed by atoms with Gasteiger partial charge in [0.2, 0.25) is 0 Å². The van der Waals surface area contributed by atoms with Gasteiger partial charge in [-0.2, -0.15) is 9.78 Å². The fourth-order valence-corrected chi connectivity index (χ4v) is 2.40. The fraction of sp³-hybridized carbons (Fsp3) is 0.235.